The second kappa shape index (κ2) is 11.2. The van der Waals surface area contributed by atoms with Crippen LogP contribution in [0.4, 0.5) is 0 Å². The van der Waals surface area contributed by atoms with Crippen LogP contribution < -0.4 is 0 Å². The smallest absolute Gasteiger partial charge is 0.154 e. The topological polar surface area (TPSA) is 58.9 Å². The molecule has 4 nitrogen and oxygen atoms in total. The third-order valence-electron chi connectivity index (χ3n) is 2.16. The lowest BCUT2D eigenvalue weighted by Crippen LogP contribution is -2.11. The maximum atomic E-state index is 9.08. The second-order valence-electron chi connectivity index (χ2n) is 3.59. The molecule has 0 amide bonds. The van der Waals surface area contributed by atoms with E-state index in [2.05, 4.69) is 0 Å². The molecular formula is C14H24O4. The van der Waals surface area contributed by atoms with Crippen molar-refractivity contribution < 1.29 is 19.7 Å². The van der Waals surface area contributed by atoms with Gasteiger partial charge in [0.05, 0.1) is 6.61 Å². The van der Waals surface area contributed by atoms with Crippen LogP contribution >= 0.6 is 0 Å². The fourth-order valence-electron chi connectivity index (χ4n) is 1.30. The van der Waals surface area contributed by atoms with Crippen molar-refractivity contribution in [3.8, 4) is 0 Å². The summed E-state index contributed by atoms with van der Waals surface area (Å²) in [5, 5.41) is 17.6. The Morgan fingerprint density at radius 2 is 1.56 bits per heavy atom. The minimum absolute atomic E-state index is 0.0370. The highest BCUT2D eigenvalue weighted by Crippen LogP contribution is 2.09. The van der Waals surface area contributed by atoms with Crippen molar-refractivity contribution in [2.45, 2.75) is 33.2 Å². The van der Waals surface area contributed by atoms with E-state index >= 15 is 0 Å². The van der Waals surface area contributed by atoms with E-state index in [0.717, 1.165) is 18.8 Å². The van der Waals surface area contributed by atoms with E-state index in [1.165, 1.54) is 0 Å². The third-order valence-corrected chi connectivity index (χ3v) is 2.16. The molecule has 1 aromatic rings. The predicted molar refractivity (Wildman–Crippen MR) is 71.2 cm³/mol. The van der Waals surface area contributed by atoms with Crippen molar-refractivity contribution >= 4 is 0 Å². The Balaban J connectivity index is 0.000000331. The van der Waals surface area contributed by atoms with Crippen LogP contribution in [0, 0.1) is 0 Å². The number of hydrogen-bond donors (Lipinski definition) is 2. The van der Waals surface area contributed by atoms with Gasteiger partial charge < -0.3 is 19.7 Å². The zero-order valence-electron chi connectivity index (χ0n) is 11.4. The fourth-order valence-corrected chi connectivity index (χ4v) is 1.30. The van der Waals surface area contributed by atoms with Gasteiger partial charge in [-0.15, -0.1) is 0 Å². The summed E-state index contributed by atoms with van der Waals surface area (Å²) in [6.07, 6.45) is -0.772. The molecule has 0 spiro atoms. The number of hydrogen-bond acceptors (Lipinski definition) is 4. The van der Waals surface area contributed by atoms with Crippen molar-refractivity contribution in [1.82, 2.24) is 0 Å². The molecule has 0 aromatic heterocycles. The van der Waals surface area contributed by atoms with E-state index in [1.54, 1.807) is 12.1 Å². The minimum atomic E-state index is -0.735. The van der Waals surface area contributed by atoms with Gasteiger partial charge in [-0.25, -0.2) is 0 Å². The number of aliphatic hydroxyl groups excluding tert-OH is 2. The molecule has 0 saturated carbocycles. The van der Waals surface area contributed by atoms with Crippen LogP contribution in [0.2, 0.25) is 0 Å². The highest BCUT2D eigenvalue weighted by molar-refractivity contribution is 5.16. The summed E-state index contributed by atoms with van der Waals surface area (Å²) in [5.74, 6) is 0. The van der Waals surface area contributed by atoms with Crippen molar-refractivity contribution in [1.29, 1.82) is 0 Å². The molecule has 104 valence electrons. The lowest BCUT2D eigenvalue weighted by molar-refractivity contribution is -0.123. The van der Waals surface area contributed by atoms with E-state index < -0.39 is 6.10 Å². The Hall–Kier alpha value is -0.940. The van der Waals surface area contributed by atoms with Gasteiger partial charge >= 0.3 is 0 Å². The Labute approximate surface area is 109 Å². The zero-order chi connectivity index (χ0) is 13.8. The molecule has 1 aromatic carbocycles. The SMILES string of the molecule is CCOC(C)OCC.OCC(O)c1ccccc1. The Bertz CT molecular complexity index is 270. The predicted octanol–water partition coefficient (Wildman–Crippen LogP) is 2.12. The number of rotatable bonds is 6. The molecule has 0 aliphatic rings. The first kappa shape index (κ1) is 17.1. The van der Waals surface area contributed by atoms with Crippen molar-refractivity contribution in [2.75, 3.05) is 19.8 Å². The van der Waals surface area contributed by atoms with Crippen molar-refractivity contribution in [2.24, 2.45) is 0 Å². The maximum absolute atomic E-state index is 9.08. The van der Waals surface area contributed by atoms with E-state index in [0.29, 0.717) is 0 Å². The van der Waals surface area contributed by atoms with Crippen molar-refractivity contribution in [3.63, 3.8) is 0 Å². The normalized spacial score (nSPS) is 11.9. The molecular weight excluding hydrogens is 232 g/mol. The summed E-state index contributed by atoms with van der Waals surface area (Å²) in [4.78, 5) is 0. The molecule has 0 bridgehead atoms. The molecule has 4 heteroatoms. The highest BCUT2D eigenvalue weighted by atomic mass is 16.7. The standard InChI is InChI=1S/C8H10O2.C6H14O2/c9-6-8(10)7-4-2-1-3-5-7;1-4-7-6(3)8-5-2/h1-5,8-10H,6H2;6H,4-5H2,1-3H3. The first-order valence-corrected chi connectivity index (χ1v) is 6.22. The lowest BCUT2D eigenvalue weighted by atomic mass is 10.1. The number of benzene rings is 1. The van der Waals surface area contributed by atoms with Gasteiger partial charge in [-0.05, 0) is 26.3 Å². The van der Waals surface area contributed by atoms with Crippen LogP contribution in [0.25, 0.3) is 0 Å². The average molecular weight is 256 g/mol. The van der Waals surface area contributed by atoms with Gasteiger partial charge in [0.2, 0.25) is 0 Å². The van der Waals surface area contributed by atoms with E-state index in [1.807, 2.05) is 39.0 Å². The molecule has 0 heterocycles. The Kier molecular flexibility index (Phi) is 10.6. The largest absolute Gasteiger partial charge is 0.393 e. The van der Waals surface area contributed by atoms with Crippen LogP contribution in [0.5, 0.6) is 0 Å². The number of ether oxygens (including phenoxy) is 2. The van der Waals surface area contributed by atoms with Gasteiger partial charge in [-0.2, -0.15) is 0 Å². The molecule has 1 rings (SSSR count). The highest BCUT2D eigenvalue weighted by Gasteiger charge is 2.02. The van der Waals surface area contributed by atoms with Crippen LogP contribution in [-0.4, -0.2) is 36.3 Å². The van der Waals surface area contributed by atoms with Gasteiger partial charge in [-0.3, -0.25) is 0 Å². The van der Waals surface area contributed by atoms with Crippen LogP contribution in [0.1, 0.15) is 32.4 Å². The second-order valence-corrected chi connectivity index (χ2v) is 3.59. The summed E-state index contributed by atoms with van der Waals surface area (Å²) in [6.45, 7) is 7.03. The minimum Gasteiger partial charge on any atom is -0.393 e. The summed E-state index contributed by atoms with van der Waals surface area (Å²) in [7, 11) is 0. The molecule has 18 heavy (non-hydrogen) atoms. The summed E-state index contributed by atoms with van der Waals surface area (Å²) in [5.41, 5.74) is 0.755. The van der Waals surface area contributed by atoms with Gasteiger partial charge in [0.15, 0.2) is 6.29 Å². The number of aliphatic hydroxyl groups is 2. The quantitative estimate of drug-likeness (QED) is 0.765. The molecule has 1 unspecified atom stereocenters. The molecule has 0 fully saturated rings. The summed E-state index contributed by atoms with van der Waals surface area (Å²) < 4.78 is 10.1. The molecule has 0 aliphatic heterocycles. The van der Waals surface area contributed by atoms with Gasteiger partial charge in [0.25, 0.3) is 0 Å². The van der Waals surface area contributed by atoms with E-state index in [-0.39, 0.29) is 12.9 Å². The van der Waals surface area contributed by atoms with Crippen LogP contribution in [-0.2, 0) is 9.47 Å². The molecule has 0 aliphatic carbocycles. The molecule has 0 radical (unpaired) electrons. The van der Waals surface area contributed by atoms with Crippen molar-refractivity contribution in [3.05, 3.63) is 35.9 Å². The fraction of sp³-hybridized carbons (Fsp3) is 0.571. The molecule has 2 N–H and O–H groups in total. The molecule has 1 atom stereocenters. The Morgan fingerprint density at radius 1 is 1.06 bits per heavy atom. The van der Waals surface area contributed by atoms with Crippen LogP contribution in [0.3, 0.4) is 0 Å². The Morgan fingerprint density at radius 3 is 1.94 bits per heavy atom. The monoisotopic (exact) mass is 256 g/mol. The van der Waals surface area contributed by atoms with E-state index in [9.17, 15) is 0 Å². The molecule has 0 saturated heterocycles. The van der Waals surface area contributed by atoms with Gasteiger partial charge in [0, 0.05) is 13.2 Å². The first-order chi connectivity index (χ1) is 8.65. The first-order valence-electron chi connectivity index (χ1n) is 6.22. The van der Waals surface area contributed by atoms with E-state index in [4.69, 9.17) is 19.7 Å². The zero-order valence-corrected chi connectivity index (χ0v) is 11.4. The maximum Gasteiger partial charge on any atom is 0.154 e. The summed E-state index contributed by atoms with van der Waals surface area (Å²) in [6, 6.07) is 9.08. The van der Waals surface area contributed by atoms with Gasteiger partial charge in [-0.1, -0.05) is 30.3 Å². The third kappa shape index (κ3) is 8.20. The van der Waals surface area contributed by atoms with Crippen LogP contribution in [0.15, 0.2) is 30.3 Å². The lowest BCUT2D eigenvalue weighted by Gasteiger charge is -2.09. The summed E-state index contributed by atoms with van der Waals surface area (Å²) >= 11 is 0. The average Bonchev–Trinajstić information content (AvgIpc) is 2.40. The van der Waals surface area contributed by atoms with Gasteiger partial charge in [0.1, 0.15) is 6.10 Å².